The fourth-order valence-electron chi connectivity index (χ4n) is 2.25. The van der Waals surface area contributed by atoms with Crippen LogP contribution in [0.25, 0.3) is 0 Å². The van der Waals surface area contributed by atoms with Crippen LogP contribution in [0, 0.1) is 0 Å². The molecule has 1 aromatic heterocycles. The topological polar surface area (TPSA) is 45.5 Å². The second kappa shape index (κ2) is 4.80. The minimum absolute atomic E-state index is 0.140. The van der Waals surface area contributed by atoms with Gasteiger partial charge in [0.25, 0.3) is 0 Å². The number of ketones is 1. The molecule has 0 radical (unpaired) electrons. The van der Waals surface area contributed by atoms with Gasteiger partial charge in [0.05, 0.1) is 13.2 Å². The Morgan fingerprint density at radius 3 is 3.06 bits per heavy atom. The molecule has 88 valence electrons. The smallest absolute Gasteiger partial charge is 0.178 e. The molecule has 1 aliphatic heterocycles. The Morgan fingerprint density at radius 2 is 2.44 bits per heavy atom. The monoisotopic (exact) mass is 222 g/mol. The molecule has 0 saturated carbocycles. The Labute approximate surface area is 95.5 Å². The van der Waals surface area contributed by atoms with Gasteiger partial charge in [0.1, 0.15) is 0 Å². The number of rotatable bonds is 4. The van der Waals surface area contributed by atoms with Crippen molar-refractivity contribution >= 4 is 5.78 Å². The van der Waals surface area contributed by atoms with E-state index in [-0.39, 0.29) is 18.4 Å². The zero-order valence-electron chi connectivity index (χ0n) is 9.59. The number of carbonyl (C=O) groups is 1. The van der Waals surface area contributed by atoms with Gasteiger partial charge in [-0.25, -0.2) is 0 Å². The van der Waals surface area contributed by atoms with Crippen molar-refractivity contribution in [1.82, 2.24) is 9.47 Å². The summed E-state index contributed by atoms with van der Waals surface area (Å²) in [5, 5.41) is 9.17. The molecule has 16 heavy (non-hydrogen) atoms. The number of aromatic nitrogens is 1. The summed E-state index contributed by atoms with van der Waals surface area (Å²) < 4.78 is 1.88. The van der Waals surface area contributed by atoms with Gasteiger partial charge in [0.15, 0.2) is 5.78 Å². The van der Waals surface area contributed by atoms with Crippen LogP contribution in [0.15, 0.2) is 18.5 Å². The first-order valence-corrected chi connectivity index (χ1v) is 5.71. The number of hydrogen-bond acceptors (Lipinski definition) is 3. The Balaban J connectivity index is 1.97. The molecule has 0 amide bonds. The van der Waals surface area contributed by atoms with Gasteiger partial charge in [-0.2, -0.15) is 0 Å². The fourth-order valence-corrected chi connectivity index (χ4v) is 2.25. The summed E-state index contributed by atoms with van der Waals surface area (Å²) in [6, 6.07) is 2.01. The molecular weight excluding hydrogens is 204 g/mol. The number of nitrogens with zero attached hydrogens (tertiary/aromatic N) is 2. The van der Waals surface area contributed by atoms with Crippen LogP contribution in [0.5, 0.6) is 0 Å². The summed E-state index contributed by atoms with van der Waals surface area (Å²) in [6.45, 7) is 1.50. The second-order valence-electron chi connectivity index (χ2n) is 4.44. The number of aryl methyl sites for hydroxylation is 1. The third kappa shape index (κ3) is 2.33. The Kier molecular flexibility index (Phi) is 3.41. The van der Waals surface area contributed by atoms with Gasteiger partial charge in [-0.15, -0.1) is 0 Å². The largest absolute Gasteiger partial charge is 0.395 e. The Hall–Kier alpha value is -1.13. The van der Waals surface area contributed by atoms with Gasteiger partial charge in [-0.3, -0.25) is 9.69 Å². The summed E-state index contributed by atoms with van der Waals surface area (Å²) >= 11 is 0. The standard InChI is InChI=1S/C12H18N2O2/c1-13-6-4-10(7-13)12(16)8-14-5-2-3-11(14)9-15/h4,6-7,11,15H,2-3,5,8-9H2,1H3. The summed E-state index contributed by atoms with van der Waals surface area (Å²) in [5.74, 6) is 0.140. The Bertz CT molecular complexity index is 373. The van der Waals surface area contributed by atoms with E-state index < -0.39 is 0 Å². The van der Waals surface area contributed by atoms with E-state index in [2.05, 4.69) is 4.90 Å². The van der Waals surface area contributed by atoms with E-state index in [4.69, 9.17) is 5.11 Å². The van der Waals surface area contributed by atoms with Crippen LogP contribution in [-0.2, 0) is 7.05 Å². The van der Waals surface area contributed by atoms with Crippen molar-refractivity contribution in [3.8, 4) is 0 Å². The quantitative estimate of drug-likeness (QED) is 0.761. The van der Waals surface area contributed by atoms with E-state index in [1.165, 1.54) is 0 Å². The average Bonchev–Trinajstić information content (AvgIpc) is 2.86. The molecule has 1 unspecified atom stereocenters. The molecule has 1 atom stereocenters. The highest BCUT2D eigenvalue weighted by Crippen LogP contribution is 2.17. The molecule has 1 saturated heterocycles. The van der Waals surface area contributed by atoms with Crippen LogP contribution in [-0.4, -0.2) is 46.1 Å². The van der Waals surface area contributed by atoms with Crippen LogP contribution in [0.2, 0.25) is 0 Å². The van der Waals surface area contributed by atoms with Gasteiger partial charge >= 0.3 is 0 Å². The van der Waals surface area contributed by atoms with E-state index in [1.54, 1.807) is 0 Å². The van der Waals surface area contributed by atoms with Crippen LogP contribution in [0.1, 0.15) is 23.2 Å². The van der Waals surface area contributed by atoms with Gasteiger partial charge in [-0.05, 0) is 25.5 Å². The fraction of sp³-hybridized carbons (Fsp3) is 0.583. The maximum atomic E-state index is 11.9. The zero-order valence-corrected chi connectivity index (χ0v) is 9.59. The molecule has 1 aromatic rings. The molecule has 1 fully saturated rings. The van der Waals surface area contributed by atoms with Crippen molar-refractivity contribution in [3.05, 3.63) is 24.0 Å². The zero-order chi connectivity index (χ0) is 11.5. The van der Waals surface area contributed by atoms with Gasteiger partial charge in [0.2, 0.25) is 0 Å². The number of hydrogen-bond donors (Lipinski definition) is 1. The predicted octanol–water partition coefficient (Wildman–Crippen LogP) is 0.664. The second-order valence-corrected chi connectivity index (χ2v) is 4.44. The molecule has 1 N–H and O–H groups in total. The van der Waals surface area contributed by atoms with Crippen molar-refractivity contribution in [2.75, 3.05) is 19.7 Å². The lowest BCUT2D eigenvalue weighted by atomic mass is 10.2. The molecule has 1 aliphatic rings. The molecular formula is C12H18N2O2. The highest BCUT2D eigenvalue weighted by molar-refractivity contribution is 5.97. The minimum Gasteiger partial charge on any atom is -0.395 e. The highest BCUT2D eigenvalue weighted by Gasteiger charge is 2.25. The van der Waals surface area contributed by atoms with E-state index in [0.29, 0.717) is 6.54 Å². The molecule has 0 aromatic carbocycles. The third-order valence-electron chi connectivity index (χ3n) is 3.21. The normalized spacial score (nSPS) is 21.5. The molecule has 4 nitrogen and oxygen atoms in total. The van der Waals surface area contributed by atoms with Gasteiger partial charge < -0.3 is 9.67 Å². The highest BCUT2D eigenvalue weighted by atomic mass is 16.3. The number of carbonyl (C=O) groups excluding carboxylic acids is 1. The summed E-state index contributed by atoms with van der Waals surface area (Å²) in [6.07, 6.45) is 5.79. The molecule has 0 aliphatic carbocycles. The number of aliphatic hydroxyl groups excluding tert-OH is 1. The van der Waals surface area contributed by atoms with E-state index in [1.807, 2.05) is 30.1 Å². The third-order valence-corrected chi connectivity index (χ3v) is 3.21. The van der Waals surface area contributed by atoms with Crippen molar-refractivity contribution in [2.45, 2.75) is 18.9 Å². The van der Waals surface area contributed by atoms with Crippen LogP contribution < -0.4 is 0 Å². The summed E-state index contributed by atoms with van der Waals surface area (Å²) in [4.78, 5) is 14.0. The van der Waals surface area contributed by atoms with Crippen molar-refractivity contribution in [1.29, 1.82) is 0 Å². The first kappa shape index (κ1) is 11.4. The van der Waals surface area contributed by atoms with E-state index in [0.717, 1.165) is 24.9 Å². The van der Waals surface area contributed by atoms with E-state index >= 15 is 0 Å². The van der Waals surface area contributed by atoms with Crippen LogP contribution >= 0.6 is 0 Å². The first-order valence-electron chi connectivity index (χ1n) is 5.71. The molecule has 0 spiro atoms. The van der Waals surface area contributed by atoms with E-state index in [9.17, 15) is 4.79 Å². The minimum atomic E-state index is 0.140. The van der Waals surface area contributed by atoms with Crippen molar-refractivity contribution in [3.63, 3.8) is 0 Å². The number of likely N-dealkylation sites (tertiary alicyclic amines) is 1. The molecule has 4 heteroatoms. The number of Topliss-reactive ketones (excluding diaryl/α,β-unsaturated/α-hetero) is 1. The maximum absolute atomic E-state index is 11.9. The van der Waals surface area contributed by atoms with Crippen molar-refractivity contribution in [2.24, 2.45) is 7.05 Å². The summed E-state index contributed by atoms with van der Waals surface area (Å²) in [5.41, 5.74) is 0.756. The SMILES string of the molecule is Cn1ccc(C(=O)CN2CCCC2CO)c1. The van der Waals surface area contributed by atoms with Gasteiger partial charge in [-0.1, -0.05) is 0 Å². The molecule has 2 rings (SSSR count). The lowest BCUT2D eigenvalue weighted by Gasteiger charge is -2.21. The lowest BCUT2D eigenvalue weighted by molar-refractivity contribution is 0.0888. The summed E-state index contributed by atoms with van der Waals surface area (Å²) in [7, 11) is 1.91. The first-order chi connectivity index (χ1) is 7.70. The Morgan fingerprint density at radius 1 is 1.62 bits per heavy atom. The lowest BCUT2D eigenvalue weighted by Crippen LogP contribution is -2.36. The average molecular weight is 222 g/mol. The van der Waals surface area contributed by atoms with Crippen LogP contribution in [0.3, 0.4) is 0 Å². The number of aliphatic hydroxyl groups is 1. The molecule has 2 heterocycles. The predicted molar refractivity (Wildman–Crippen MR) is 61.4 cm³/mol. The maximum Gasteiger partial charge on any atom is 0.178 e. The molecule has 0 bridgehead atoms. The van der Waals surface area contributed by atoms with Gasteiger partial charge in [0, 0.05) is 31.0 Å². The van der Waals surface area contributed by atoms with Crippen LogP contribution in [0.4, 0.5) is 0 Å². The van der Waals surface area contributed by atoms with Crippen molar-refractivity contribution < 1.29 is 9.90 Å².